The molecule has 0 heterocycles. The van der Waals surface area contributed by atoms with Crippen LogP contribution in [0.15, 0.2) is 60.7 Å². The Labute approximate surface area is 152 Å². The molecule has 1 atom stereocenters. The molecule has 0 aliphatic rings. The third-order valence-corrected chi connectivity index (χ3v) is 5.09. The Morgan fingerprint density at radius 1 is 0.880 bits per heavy atom. The van der Waals surface area contributed by atoms with Gasteiger partial charge in [-0.1, -0.05) is 81.4 Å². The average molecular weight is 338 g/mol. The van der Waals surface area contributed by atoms with Crippen LogP contribution >= 0.6 is 0 Å². The van der Waals surface area contributed by atoms with Crippen molar-refractivity contribution in [2.45, 2.75) is 45.6 Å². The minimum Gasteiger partial charge on any atom is -0.307 e. The van der Waals surface area contributed by atoms with Gasteiger partial charge in [0.05, 0.1) is 5.41 Å². The quantitative estimate of drug-likeness (QED) is 0.745. The molecule has 2 aromatic rings. The second-order valence-corrected chi connectivity index (χ2v) is 8.23. The summed E-state index contributed by atoms with van der Waals surface area (Å²) in [6.07, 6.45) is 0.754. The summed E-state index contributed by atoms with van der Waals surface area (Å²) in [4.78, 5) is 16.0. The molecule has 2 aromatic carbocycles. The van der Waals surface area contributed by atoms with Crippen molar-refractivity contribution in [2.75, 3.05) is 14.1 Å². The Morgan fingerprint density at radius 3 is 1.60 bits per heavy atom. The lowest BCUT2D eigenvalue weighted by Gasteiger charge is -2.41. The molecule has 0 amide bonds. The molecule has 0 aliphatic carbocycles. The fourth-order valence-corrected chi connectivity index (χ4v) is 3.47. The second-order valence-electron chi connectivity index (χ2n) is 8.23. The van der Waals surface area contributed by atoms with Crippen LogP contribution in [0.5, 0.6) is 0 Å². The molecule has 0 aromatic heterocycles. The highest BCUT2D eigenvalue weighted by molar-refractivity contribution is 5.97. The van der Waals surface area contributed by atoms with Gasteiger partial charge in [-0.2, -0.15) is 0 Å². The van der Waals surface area contributed by atoms with Gasteiger partial charge < -0.3 is 4.90 Å². The lowest BCUT2D eigenvalue weighted by molar-refractivity contribution is -0.131. The molecule has 2 heteroatoms. The van der Waals surface area contributed by atoms with E-state index < -0.39 is 10.8 Å². The van der Waals surface area contributed by atoms with Crippen molar-refractivity contribution in [3.63, 3.8) is 0 Å². The number of benzene rings is 2. The van der Waals surface area contributed by atoms with Gasteiger partial charge >= 0.3 is 0 Å². The molecule has 2 rings (SSSR count). The van der Waals surface area contributed by atoms with Crippen LogP contribution < -0.4 is 0 Å². The zero-order chi connectivity index (χ0) is 18.7. The summed E-state index contributed by atoms with van der Waals surface area (Å²) in [5.74, 6) is 0.270. The fraction of sp³-hybridized carbons (Fsp3) is 0.435. The highest BCUT2D eigenvalue weighted by atomic mass is 16.1. The molecule has 0 fully saturated rings. The van der Waals surface area contributed by atoms with Crippen LogP contribution in [0.25, 0.3) is 0 Å². The predicted molar refractivity (Wildman–Crippen MR) is 106 cm³/mol. The summed E-state index contributed by atoms with van der Waals surface area (Å²) < 4.78 is 0. The number of nitrogens with zero attached hydrogens (tertiary/aromatic N) is 1. The molecule has 0 bridgehead atoms. The average Bonchev–Trinajstić information content (AvgIpc) is 2.59. The summed E-state index contributed by atoms with van der Waals surface area (Å²) in [5.41, 5.74) is 1.08. The summed E-state index contributed by atoms with van der Waals surface area (Å²) in [7, 11) is 4.15. The van der Waals surface area contributed by atoms with Crippen molar-refractivity contribution < 1.29 is 4.79 Å². The molecule has 0 saturated carbocycles. The van der Waals surface area contributed by atoms with Gasteiger partial charge in [0.25, 0.3) is 0 Å². The third kappa shape index (κ3) is 4.01. The molecule has 0 spiro atoms. The molecule has 0 unspecified atom stereocenters. The van der Waals surface area contributed by atoms with Crippen LogP contribution in [-0.2, 0) is 10.2 Å². The molecular formula is C23H31NO. The first kappa shape index (κ1) is 19.4. The third-order valence-electron chi connectivity index (χ3n) is 5.09. The smallest absolute Gasteiger partial charge is 0.153 e. The van der Waals surface area contributed by atoms with Crippen LogP contribution in [0.4, 0.5) is 0 Å². The number of hydrogen-bond acceptors (Lipinski definition) is 2. The molecule has 0 N–H and O–H groups in total. The fourth-order valence-electron chi connectivity index (χ4n) is 3.47. The highest BCUT2D eigenvalue weighted by Crippen LogP contribution is 2.43. The van der Waals surface area contributed by atoms with Gasteiger partial charge in [0.2, 0.25) is 0 Å². The van der Waals surface area contributed by atoms with E-state index in [0.717, 1.165) is 17.5 Å². The monoisotopic (exact) mass is 337 g/mol. The van der Waals surface area contributed by atoms with E-state index >= 15 is 0 Å². The van der Waals surface area contributed by atoms with E-state index in [4.69, 9.17) is 0 Å². The Morgan fingerprint density at radius 2 is 1.28 bits per heavy atom. The number of Topliss-reactive ketones (excluding diaryl/α,β-unsaturated/α-hetero) is 1. The number of hydrogen-bond donors (Lipinski definition) is 0. The molecular weight excluding hydrogens is 306 g/mol. The first-order valence-corrected chi connectivity index (χ1v) is 9.02. The standard InChI is InChI=1S/C23H31NO/c1-18(24(5)6)17-23(21(25)22(2,3)4,19-13-9-7-10-14-19)20-15-11-8-12-16-20/h7-16,18H,17H2,1-6H3/t18-/m0/s1. The Bertz CT molecular complexity index is 644. The zero-order valence-electron chi connectivity index (χ0n) is 16.4. The van der Waals surface area contributed by atoms with Crippen molar-refractivity contribution >= 4 is 5.78 Å². The molecule has 0 saturated heterocycles. The maximum Gasteiger partial charge on any atom is 0.153 e. The Balaban J connectivity index is 2.76. The van der Waals surface area contributed by atoms with Gasteiger partial charge in [0.15, 0.2) is 5.78 Å². The van der Waals surface area contributed by atoms with Crippen molar-refractivity contribution in [1.82, 2.24) is 4.90 Å². The minimum atomic E-state index is -0.648. The number of ketones is 1. The van der Waals surface area contributed by atoms with Crippen molar-refractivity contribution in [1.29, 1.82) is 0 Å². The summed E-state index contributed by atoms with van der Waals surface area (Å²) in [6.45, 7) is 8.26. The van der Waals surface area contributed by atoms with Crippen molar-refractivity contribution in [3.05, 3.63) is 71.8 Å². The van der Waals surface area contributed by atoms with Crippen molar-refractivity contribution in [3.8, 4) is 0 Å². The zero-order valence-corrected chi connectivity index (χ0v) is 16.4. The largest absolute Gasteiger partial charge is 0.307 e. The first-order chi connectivity index (χ1) is 11.7. The predicted octanol–water partition coefficient (Wildman–Crippen LogP) is 4.93. The van der Waals surface area contributed by atoms with Gasteiger partial charge in [-0.15, -0.1) is 0 Å². The second kappa shape index (κ2) is 7.53. The lowest BCUT2D eigenvalue weighted by Crippen LogP contribution is -2.47. The van der Waals surface area contributed by atoms with Crippen molar-refractivity contribution in [2.24, 2.45) is 5.41 Å². The topological polar surface area (TPSA) is 20.3 Å². The highest BCUT2D eigenvalue weighted by Gasteiger charge is 2.47. The van der Waals surface area contributed by atoms with Crippen LogP contribution in [-0.4, -0.2) is 30.8 Å². The maximum absolute atomic E-state index is 13.8. The molecule has 0 radical (unpaired) electrons. The summed E-state index contributed by atoms with van der Waals surface area (Å²) in [6, 6.07) is 20.8. The van der Waals surface area contributed by atoms with E-state index in [1.165, 1.54) is 0 Å². The normalized spacial score (nSPS) is 13.7. The van der Waals surface area contributed by atoms with Gasteiger partial charge in [-0.05, 0) is 38.6 Å². The van der Waals surface area contributed by atoms with Crippen LogP contribution in [0, 0.1) is 5.41 Å². The van der Waals surface area contributed by atoms with E-state index in [9.17, 15) is 4.79 Å². The van der Waals surface area contributed by atoms with Crippen LogP contribution in [0.3, 0.4) is 0 Å². The summed E-state index contributed by atoms with van der Waals surface area (Å²) in [5, 5.41) is 0. The first-order valence-electron chi connectivity index (χ1n) is 9.02. The molecule has 2 nitrogen and oxygen atoms in total. The number of rotatable bonds is 6. The van der Waals surface area contributed by atoms with Gasteiger partial charge in [0.1, 0.15) is 0 Å². The molecule has 134 valence electrons. The van der Waals surface area contributed by atoms with E-state index in [-0.39, 0.29) is 11.8 Å². The minimum absolute atomic E-state index is 0.270. The maximum atomic E-state index is 13.8. The van der Waals surface area contributed by atoms with Gasteiger partial charge in [0, 0.05) is 11.5 Å². The van der Waals surface area contributed by atoms with Crippen LogP contribution in [0.1, 0.15) is 45.2 Å². The van der Waals surface area contributed by atoms with Crippen LogP contribution in [0.2, 0.25) is 0 Å². The van der Waals surface area contributed by atoms with Gasteiger partial charge in [-0.3, -0.25) is 4.79 Å². The van der Waals surface area contributed by atoms with E-state index in [1.807, 2.05) is 57.2 Å². The molecule has 25 heavy (non-hydrogen) atoms. The summed E-state index contributed by atoms with van der Waals surface area (Å²) >= 11 is 0. The van der Waals surface area contributed by atoms with E-state index in [0.29, 0.717) is 0 Å². The Kier molecular flexibility index (Phi) is 5.84. The number of carbonyl (C=O) groups excluding carboxylic acids is 1. The SMILES string of the molecule is C[C@@H](CC(C(=O)C(C)(C)C)(c1ccccc1)c1ccccc1)N(C)C. The van der Waals surface area contributed by atoms with Gasteiger partial charge in [-0.25, -0.2) is 0 Å². The number of carbonyl (C=O) groups is 1. The van der Waals surface area contributed by atoms with E-state index in [1.54, 1.807) is 0 Å². The molecule has 0 aliphatic heterocycles. The lowest BCUT2D eigenvalue weighted by atomic mass is 9.62. The Hall–Kier alpha value is -1.93. The van der Waals surface area contributed by atoms with E-state index in [2.05, 4.69) is 50.2 Å².